The average Bonchev–Trinajstić information content (AvgIpc) is 3.23. The Balaban J connectivity index is 0.00000450. The summed E-state index contributed by atoms with van der Waals surface area (Å²) in [6.45, 7) is -3.01. The van der Waals surface area contributed by atoms with E-state index >= 15 is 0 Å². The zero-order valence-corrected chi connectivity index (χ0v) is 30.0. The third-order valence-corrected chi connectivity index (χ3v) is 8.97. The Morgan fingerprint density at radius 2 is 0.370 bits per heavy atom. The van der Waals surface area contributed by atoms with Crippen LogP contribution in [0.2, 0.25) is 0 Å². The minimum absolute atomic E-state index is 0. The molecule has 0 bridgehead atoms. The Morgan fingerprint density at radius 3 is 0.556 bits per heavy atom. The van der Waals surface area contributed by atoms with E-state index in [1.807, 2.05) is 170 Å². The quantitative estimate of drug-likeness (QED) is 0.120. The van der Waals surface area contributed by atoms with E-state index in [1.165, 1.54) is 0 Å². The first-order valence-corrected chi connectivity index (χ1v) is 17.7. The second kappa shape index (κ2) is 17.0. The van der Waals surface area contributed by atoms with Gasteiger partial charge in [0.2, 0.25) is 0 Å². The van der Waals surface area contributed by atoms with Crippen LogP contribution in [-0.2, 0) is 0 Å². The number of rotatable bonds is 12. The molecule has 0 atom stereocenters. The number of benzene rings is 8. The van der Waals surface area contributed by atoms with Crippen molar-refractivity contribution in [2.75, 3.05) is 0 Å². The smallest absolute Gasteiger partial charge is 0.611 e. The Hall–Kier alpha value is -6.38. The molecule has 0 N–H and O–H groups in total. The standard InChI is InChI=1S/C48H36BO4.Li/c1-5-13-37(14-6-1)41-21-29-45(30-22-41)50-49(51-46-31-23-42(24-32-46)38-15-7-2-8-16-38,52-47-33-25-43(26-34-47)39-17-9-3-10-18-39)53-48-35-27-44(28-36-48)40-19-11-4-12-20-40;/h1-36H;/q-1;+1. The van der Waals surface area contributed by atoms with Crippen molar-refractivity contribution in [1.82, 2.24) is 0 Å². The molecule has 8 aromatic rings. The van der Waals surface area contributed by atoms with Crippen molar-refractivity contribution >= 4 is 6.96 Å². The second-order valence-electron chi connectivity index (χ2n) is 12.6. The summed E-state index contributed by atoms with van der Waals surface area (Å²) < 4.78 is 27.0. The van der Waals surface area contributed by atoms with Crippen molar-refractivity contribution in [1.29, 1.82) is 0 Å². The normalized spacial score (nSPS) is 10.8. The summed E-state index contributed by atoms with van der Waals surface area (Å²) in [5.41, 5.74) is 8.66. The number of hydrogen-bond acceptors (Lipinski definition) is 4. The molecule has 6 heteroatoms. The van der Waals surface area contributed by atoms with Crippen molar-refractivity contribution in [3.8, 4) is 67.5 Å². The van der Waals surface area contributed by atoms with Gasteiger partial charge in [0, 0.05) is 0 Å². The van der Waals surface area contributed by atoms with Crippen LogP contribution in [0, 0.1) is 0 Å². The maximum absolute atomic E-state index is 6.75. The maximum atomic E-state index is 6.75. The van der Waals surface area contributed by atoms with Gasteiger partial charge in [-0.2, -0.15) is 0 Å². The molecule has 0 fully saturated rings. The van der Waals surface area contributed by atoms with Crippen LogP contribution in [0.3, 0.4) is 0 Å². The topological polar surface area (TPSA) is 36.9 Å². The third-order valence-electron chi connectivity index (χ3n) is 8.97. The van der Waals surface area contributed by atoms with Crippen molar-refractivity contribution in [2.45, 2.75) is 0 Å². The Kier molecular flexibility index (Phi) is 11.3. The Bertz CT molecular complexity index is 1990. The monoisotopic (exact) mass is 694 g/mol. The van der Waals surface area contributed by atoms with Crippen LogP contribution < -0.4 is 37.5 Å². The Morgan fingerprint density at radius 1 is 0.204 bits per heavy atom. The molecular weight excluding hydrogens is 658 g/mol. The molecule has 256 valence electrons. The summed E-state index contributed by atoms with van der Waals surface area (Å²) in [7, 11) is 0. The van der Waals surface area contributed by atoms with Crippen molar-refractivity contribution in [3.05, 3.63) is 218 Å². The summed E-state index contributed by atoms with van der Waals surface area (Å²) in [5.74, 6) is 2.08. The van der Waals surface area contributed by atoms with Crippen molar-refractivity contribution in [3.63, 3.8) is 0 Å². The molecule has 0 radical (unpaired) electrons. The van der Waals surface area contributed by atoms with E-state index in [4.69, 9.17) is 18.6 Å². The van der Waals surface area contributed by atoms with Gasteiger partial charge in [0.25, 0.3) is 0 Å². The minimum atomic E-state index is -3.01. The van der Waals surface area contributed by atoms with Gasteiger partial charge < -0.3 is 18.6 Å². The maximum Gasteiger partial charge on any atom is 1.00 e. The second-order valence-corrected chi connectivity index (χ2v) is 12.6. The predicted molar refractivity (Wildman–Crippen MR) is 216 cm³/mol. The van der Waals surface area contributed by atoms with E-state index in [9.17, 15) is 0 Å². The molecule has 0 aliphatic rings. The van der Waals surface area contributed by atoms with Crippen LogP contribution in [0.15, 0.2) is 218 Å². The van der Waals surface area contributed by atoms with Gasteiger partial charge in [0.15, 0.2) is 0 Å². The molecule has 0 saturated heterocycles. The summed E-state index contributed by atoms with van der Waals surface area (Å²) in [6.07, 6.45) is 0. The minimum Gasteiger partial charge on any atom is -0.611 e. The van der Waals surface area contributed by atoms with E-state index in [-0.39, 0.29) is 18.9 Å². The van der Waals surface area contributed by atoms with Crippen LogP contribution in [0.1, 0.15) is 0 Å². The molecule has 0 unspecified atom stereocenters. The van der Waals surface area contributed by atoms with Crippen molar-refractivity contribution < 1.29 is 37.5 Å². The van der Waals surface area contributed by atoms with Crippen LogP contribution in [-0.4, -0.2) is 6.96 Å². The zero-order chi connectivity index (χ0) is 35.7. The fourth-order valence-corrected chi connectivity index (χ4v) is 6.24. The van der Waals surface area contributed by atoms with Gasteiger partial charge in [-0.15, -0.1) is 0 Å². The molecule has 54 heavy (non-hydrogen) atoms. The summed E-state index contributed by atoms with van der Waals surface area (Å²) in [4.78, 5) is 0. The van der Waals surface area contributed by atoms with Gasteiger partial charge in [-0.1, -0.05) is 170 Å². The summed E-state index contributed by atoms with van der Waals surface area (Å²) in [6, 6.07) is 72.3. The molecule has 8 rings (SSSR count). The van der Waals surface area contributed by atoms with Crippen LogP contribution in [0.5, 0.6) is 23.0 Å². The third kappa shape index (κ3) is 8.80. The number of hydrogen-bond donors (Lipinski definition) is 0. The molecule has 0 aromatic heterocycles. The van der Waals surface area contributed by atoms with E-state index < -0.39 is 6.96 Å². The molecule has 0 heterocycles. The fraction of sp³-hybridized carbons (Fsp3) is 0. The van der Waals surface area contributed by atoms with Gasteiger partial charge in [0.05, 0.1) is 23.0 Å². The van der Waals surface area contributed by atoms with Crippen molar-refractivity contribution in [2.24, 2.45) is 0 Å². The molecule has 0 saturated carbocycles. The first kappa shape index (κ1) is 36.0. The molecule has 4 nitrogen and oxygen atoms in total. The first-order chi connectivity index (χ1) is 26.2. The van der Waals surface area contributed by atoms with Crippen LogP contribution >= 0.6 is 0 Å². The SMILES string of the molecule is [Li+].c1ccc(-c2ccc(O[B-](Oc3ccc(-c4ccccc4)cc3)(Oc3ccc(-c4ccccc4)cc3)Oc3ccc(-c4ccccc4)cc3)cc2)cc1. The van der Waals surface area contributed by atoms with Gasteiger partial charge >= 0.3 is 25.8 Å². The first-order valence-electron chi connectivity index (χ1n) is 17.7. The van der Waals surface area contributed by atoms with Crippen LogP contribution in [0.25, 0.3) is 44.5 Å². The van der Waals surface area contributed by atoms with E-state index in [2.05, 4.69) is 48.5 Å². The fourth-order valence-electron chi connectivity index (χ4n) is 6.24. The van der Waals surface area contributed by atoms with Crippen LogP contribution in [0.4, 0.5) is 0 Å². The molecule has 0 aliphatic heterocycles. The van der Waals surface area contributed by atoms with Gasteiger partial charge in [-0.05, 0) is 93.0 Å². The van der Waals surface area contributed by atoms with Gasteiger partial charge in [-0.3, -0.25) is 0 Å². The van der Waals surface area contributed by atoms with E-state index in [1.54, 1.807) is 0 Å². The largest absolute Gasteiger partial charge is 1.00 e. The zero-order valence-electron chi connectivity index (χ0n) is 30.0. The van der Waals surface area contributed by atoms with E-state index in [0.717, 1.165) is 44.5 Å². The molecular formula is C48H36BLiO4. The summed E-state index contributed by atoms with van der Waals surface area (Å²) >= 11 is 0. The van der Waals surface area contributed by atoms with E-state index in [0.29, 0.717) is 23.0 Å². The molecule has 0 aliphatic carbocycles. The molecule has 8 aromatic carbocycles. The van der Waals surface area contributed by atoms with Gasteiger partial charge in [0.1, 0.15) is 0 Å². The summed E-state index contributed by atoms with van der Waals surface area (Å²) in [5, 5.41) is 0. The predicted octanol–water partition coefficient (Wildman–Crippen LogP) is 9.41. The van der Waals surface area contributed by atoms with Gasteiger partial charge in [-0.25, -0.2) is 0 Å². The molecule has 0 spiro atoms. The molecule has 0 amide bonds. The average molecular weight is 695 g/mol. The Labute approximate surface area is 328 Å².